The van der Waals surface area contributed by atoms with Gasteiger partial charge in [-0.25, -0.2) is 0 Å². The van der Waals surface area contributed by atoms with Crippen LogP contribution in [0, 0.1) is 10.1 Å². The van der Waals surface area contributed by atoms with Crippen LogP contribution in [0.2, 0.25) is 0 Å². The van der Waals surface area contributed by atoms with Gasteiger partial charge in [0.1, 0.15) is 5.69 Å². The summed E-state index contributed by atoms with van der Waals surface area (Å²) < 4.78 is 10.4. The highest BCUT2D eigenvalue weighted by atomic mass is 16.6. The molecule has 0 atom stereocenters. The quantitative estimate of drug-likeness (QED) is 0.608. The van der Waals surface area contributed by atoms with Crippen LogP contribution >= 0.6 is 0 Å². The minimum atomic E-state index is -0.434. The van der Waals surface area contributed by atoms with E-state index >= 15 is 0 Å². The Labute approximate surface area is 112 Å². The lowest BCUT2D eigenvalue weighted by molar-refractivity contribution is -0.385. The number of hydrogen-bond acceptors (Lipinski definition) is 5. The molecule has 1 N–H and O–H groups in total. The first kappa shape index (κ1) is 15.2. The normalized spacial score (nSPS) is 11.2. The molecular weight excluding hydrogens is 248 g/mol. The zero-order valence-corrected chi connectivity index (χ0v) is 11.7. The van der Waals surface area contributed by atoms with Gasteiger partial charge >= 0.3 is 5.69 Å². The number of hydrogen-bond donors (Lipinski definition) is 1. The third kappa shape index (κ3) is 4.10. The Morgan fingerprint density at radius 2 is 2.11 bits per heavy atom. The topological polar surface area (TPSA) is 73.6 Å². The van der Waals surface area contributed by atoms with Crippen LogP contribution in [0.5, 0.6) is 5.75 Å². The number of anilines is 1. The molecule has 0 amide bonds. The molecule has 6 nitrogen and oxygen atoms in total. The van der Waals surface area contributed by atoms with E-state index in [0.29, 0.717) is 18.9 Å². The Bertz CT molecular complexity index is 446. The van der Waals surface area contributed by atoms with E-state index in [9.17, 15) is 10.1 Å². The maximum atomic E-state index is 11.2. The van der Waals surface area contributed by atoms with E-state index in [0.717, 1.165) is 0 Å². The summed E-state index contributed by atoms with van der Waals surface area (Å²) in [5.41, 5.74) is -0.0313. The van der Waals surface area contributed by atoms with Gasteiger partial charge in [-0.1, -0.05) is 6.07 Å². The van der Waals surface area contributed by atoms with Crippen LogP contribution in [0.25, 0.3) is 0 Å². The third-order valence-corrected chi connectivity index (χ3v) is 2.46. The fraction of sp³-hybridized carbons (Fsp3) is 0.538. The molecule has 6 heteroatoms. The van der Waals surface area contributed by atoms with Crippen molar-refractivity contribution >= 4 is 11.4 Å². The first-order valence-electron chi connectivity index (χ1n) is 6.08. The second kappa shape index (κ2) is 6.38. The molecule has 1 aromatic carbocycles. The molecule has 0 saturated carbocycles. The van der Waals surface area contributed by atoms with Crippen LogP contribution in [0.1, 0.15) is 20.8 Å². The molecule has 0 heterocycles. The average molecular weight is 268 g/mol. The van der Waals surface area contributed by atoms with Crippen LogP contribution in [0.15, 0.2) is 18.2 Å². The molecule has 0 aromatic heterocycles. The molecule has 0 aliphatic rings. The maximum Gasteiger partial charge on any atom is 0.333 e. The lowest BCUT2D eigenvalue weighted by Crippen LogP contribution is -2.36. The molecule has 0 spiro atoms. The minimum Gasteiger partial charge on any atom is -0.487 e. The van der Waals surface area contributed by atoms with Crippen LogP contribution < -0.4 is 10.1 Å². The Hall–Kier alpha value is -1.82. The van der Waals surface area contributed by atoms with Crippen LogP contribution in [0.4, 0.5) is 11.4 Å². The molecule has 1 aromatic rings. The Morgan fingerprint density at radius 3 is 2.63 bits per heavy atom. The van der Waals surface area contributed by atoms with Crippen molar-refractivity contribution in [2.24, 2.45) is 0 Å². The molecule has 0 saturated heterocycles. The number of nitro benzene ring substituents is 1. The summed E-state index contributed by atoms with van der Waals surface area (Å²) in [5.74, 6) is 0.269. The number of nitrogens with zero attached hydrogens (tertiary/aromatic N) is 1. The highest BCUT2D eigenvalue weighted by Crippen LogP contribution is 2.36. The maximum absolute atomic E-state index is 11.2. The number of para-hydroxylation sites is 1. The molecule has 1 rings (SSSR count). The molecular formula is C13H20N2O4. The average Bonchev–Trinajstić information content (AvgIpc) is 2.28. The van der Waals surface area contributed by atoms with E-state index in [4.69, 9.17) is 9.47 Å². The number of nitro groups is 1. The highest BCUT2D eigenvalue weighted by molar-refractivity contribution is 5.69. The number of methoxy groups -OCH3 is 1. The zero-order chi connectivity index (χ0) is 14.5. The number of ether oxygens (including phenoxy) is 2. The fourth-order valence-electron chi connectivity index (χ4n) is 1.84. The predicted molar refractivity (Wildman–Crippen MR) is 73.8 cm³/mol. The van der Waals surface area contributed by atoms with E-state index in [1.165, 1.54) is 0 Å². The van der Waals surface area contributed by atoms with E-state index in [1.54, 1.807) is 32.2 Å². The van der Waals surface area contributed by atoms with Crippen molar-refractivity contribution in [3.63, 3.8) is 0 Å². The van der Waals surface area contributed by atoms with Gasteiger partial charge in [-0.15, -0.1) is 0 Å². The van der Waals surface area contributed by atoms with Gasteiger partial charge in [0, 0.05) is 7.11 Å². The second-order valence-corrected chi connectivity index (χ2v) is 4.78. The van der Waals surface area contributed by atoms with Crippen LogP contribution in [-0.4, -0.2) is 30.8 Å². The summed E-state index contributed by atoms with van der Waals surface area (Å²) in [7, 11) is 1.59. The molecule has 0 radical (unpaired) electrons. The zero-order valence-electron chi connectivity index (χ0n) is 11.7. The van der Waals surface area contributed by atoms with Crippen molar-refractivity contribution < 1.29 is 14.4 Å². The molecule has 0 bridgehead atoms. The molecule has 0 aliphatic heterocycles. The fourth-order valence-corrected chi connectivity index (χ4v) is 1.84. The first-order chi connectivity index (χ1) is 8.91. The van der Waals surface area contributed by atoms with Crippen molar-refractivity contribution in [2.75, 3.05) is 25.6 Å². The summed E-state index contributed by atoms with van der Waals surface area (Å²) in [6.07, 6.45) is 0. The van der Waals surface area contributed by atoms with Gasteiger partial charge in [0.2, 0.25) is 0 Å². The van der Waals surface area contributed by atoms with Gasteiger partial charge in [0.25, 0.3) is 0 Å². The SMILES string of the molecule is CCOc1cccc(NC(C)(C)COC)c1[N+](=O)[O-]. The molecule has 0 unspecified atom stereocenters. The summed E-state index contributed by atoms with van der Waals surface area (Å²) in [6.45, 7) is 6.43. The van der Waals surface area contributed by atoms with Crippen molar-refractivity contribution in [2.45, 2.75) is 26.3 Å². The van der Waals surface area contributed by atoms with Gasteiger partial charge in [-0.2, -0.15) is 0 Å². The number of rotatable bonds is 7. The van der Waals surface area contributed by atoms with Crippen molar-refractivity contribution in [3.05, 3.63) is 28.3 Å². The van der Waals surface area contributed by atoms with Gasteiger partial charge in [0.05, 0.1) is 23.7 Å². The lowest BCUT2D eigenvalue weighted by atomic mass is 10.1. The van der Waals surface area contributed by atoms with E-state index < -0.39 is 10.5 Å². The number of nitrogens with one attached hydrogen (secondary N) is 1. The van der Waals surface area contributed by atoms with Gasteiger partial charge in [-0.3, -0.25) is 10.1 Å². The van der Waals surface area contributed by atoms with E-state index in [2.05, 4.69) is 5.32 Å². The van der Waals surface area contributed by atoms with Crippen molar-refractivity contribution in [3.8, 4) is 5.75 Å². The second-order valence-electron chi connectivity index (χ2n) is 4.78. The summed E-state index contributed by atoms with van der Waals surface area (Å²) in [4.78, 5) is 10.8. The van der Waals surface area contributed by atoms with Gasteiger partial charge < -0.3 is 14.8 Å². The van der Waals surface area contributed by atoms with E-state index in [1.807, 2.05) is 13.8 Å². The van der Waals surface area contributed by atoms with Crippen molar-refractivity contribution in [1.29, 1.82) is 0 Å². The predicted octanol–water partition coefficient (Wildman–Crippen LogP) is 2.83. The summed E-state index contributed by atoms with van der Waals surface area (Å²) in [5, 5.41) is 14.3. The smallest absolute Gasteiger partial charge is 0.333 e. The highest BCUT2D eigenvalue weighted by Gasteiger charge is 2.26. The standard InChI is InChI=1S/C13H20N2O4/c1-5-19-11-8-6-7-10(12(11)15(16)17)14-13(2,3)9-18-4/h6-8,14H,5,9H2,1-4H3. The minimum absolute atomic E-state index is 0.0477. The largest absolute Gasteiger partial charge is 0.487 e. The molecule has 106 valence electrons. The van der Waals surface area contributed by atoms with Crippen molar-refractivity contribution in [1.82, 2.24) is 0 Å². The summed E-state index contributed by atoms with van der Waals surface area (Å²) in [6, 6.07) is 4.98. The van der Waals surface area contributed by atoms with Gasteiger partial charge in [-0.05, 0) is 32.9 Å². The van der Waals surface area contributed by atoms with Gasteiger partial charge in [0.15, 0.2) is 5.75 Å². The molecule has 0 fully saturated rings. The Balaban J connectivity index is 3.13. The summed E-state index contributed by atoms with van der Waals surface area (Å²) >= 11 is 0. The molecule has 19 heavy (non-hydrogen) atoms. The Morgan fingerprint density at radius 1 is 1.42 bits per heavy atom. The number of benzene rings is 1. The third-order valence-electron chi connectivity index (χ3n) is 2.46. The van der Waals surface area contributed by atoms with Crippen LogP contribution in [0.3, 0.4) is 0 Å². The monoisotopic (exact) mass is 268 g/mol. The van der Waals surface area contributed by atoms with E-state index in [-0.39, 0.29) is 11.4 Å². The lowest BCUT2D eigenvalue weighted by Gasteiger charge is -2.26. The Kier molecular flexibility index (Phi) is 5.11. The molecule has 0 aliphatic carbocycles. The first-order valence-corrected chi connectivity index (χ1v) is 6.08. The van der Waals surface area contributed by atoms with Crippen LogP contribution in [-0.2, 0) is 4.74 Å².